The first-order valence-electron chi connectivity index (χ1n) is 10.2. The lowest BCUT2D eigenvalue weighted by molar-refractivity contribution is -0.118. The van der Waals surface area contributed by atoms with E-state index < -0.39 is 0 Å². The van der Waals surface area contributed by atoms with Crippen molar-refractivity contribution in [3.8, 4) is 0 Å². The van der Waals surface area contributed by atoms with Gasteiger partial charge < -0.3 is 15.5 Å². The summed E-state index contributed by atoms with van der Waals surface area (Å²) in [6.07, 6.45) is 11.5. The van der Waals surface area contributed by atoms with Crippen LogP contribution in [0.5, 0.6) is 0 Å². The molecule has 1 atom stereocenters. The summed E-state index contributed by atoms with van der Waals surface area (Å²) in [5.41, 5.74) is 2.47. The maximum absolute atomic E-state index is 12.7. The minimum Gasteiger partial charge on any atom is -0.358 e. The molecule has 1 aliphatic carbocycles. The van der Waals surface area contributed by atoms with Crippen molar-refractivity contribution in [2.45, 2.75) is 76.3 Å². The van der Waals surface area contributed by atoms with Gasteiger partial charge >= 0.3 is 0 Å². The van der Waals surface area contributed by atoms with Gasteiger partial charge in [0.2, 0.25) is 5.91 Å². The molecular weight excluding hydrogens is 326 g/mol. The monoisotopic (exact) mass is 355 g/mol. The number of rotatable bonds is 2. The molecule has 1 unspecified atom stereocenters. The van der Waals surface area contributed by atoms with Gasteiger partial charge in [-0.1, -0.05) is 32.1 Å². The van der Waals surface area contributed by atoms with E-state index in [0.717, 1.165) is 50.0 Å². The molecule has 2 N–H and O–H groups in total. The van der Waals surface area contributed by atoms with E-state index in [1.54, 1.807) is 0 Å². The number of anilines is 2. The molecule has 1 aromatic carbocycles. The van der Waals surface area contributed by atoms with E-state index in [1.807, 2.05) is 18.2 Å². The Morgan fingerprint density at radius 2 is 1.73 bits per heavy atom. The fourth-order valence-electron chi connectivity index (χ4n) is 4.61. The van der Waals surface area contributed by atoms with Crippen LogP contribution < -0.4 is 15.5 Å². The fourth-order valence-corrected chi connectivity index (χ4v) is 4.61. The molecule has 3 aliphatic rings. The minimum absolute atomic E-state index is 0.0200. The minimum atomic E-state index is -0.0501. The van der Waals surface area contributed by atoms with Gasteiger partial charge in [0.25, 0.3) is 5.91 Å². The van der Waals surface area contributed by atoms with Crippen LogP contribution in [-0.4, -0.2) is 30.4 Å². The zero-order chi connectivity index (χ0) is 17.9. The summed E-state index contributed by atoms with van der Waals surface area (Å²) in [7, 11) is 0. The summed E-state index contributed by atoms with van der Waals surface area (Å²) in [5.74, 6) is 0.0446. The van der Waals surface area contributed by atoms with Gasteiger partial charge in [0.15, 0.2) is 0 Å². The van der Waals surface area contributed by atoms with Gasteiger partial charge in [0, 0.05) is 18.2 Å². The fraction of sp³-hybridized carbons (Fsp3) is 0.619. The molecule has 0 aromatic heterocycles. The summed E-state index contributed by atoms with van der Waals surface area (Å²) in [5, 5.41) is 6.23. The van der Waals surface area contributed by atoms with Gasteiger partial charge in [-0.15, -0.1) is 0 Å². The van der Waals surface area contributed by atoms with Crippen LogP contribution >= 0.6 is 0 Å². The Morgan fingerprint density at radius 3 is 2.54 bits per heavy atom. The standard InChI is InChI=1S/C21H29N3O2/c25-20(22-16-8-4-2-1-3-5-9-16)15-11-12-18-17(14-15)23-21(26)19-10-6-7-13-24(18)19/h11-12,14,16,19H,1-10,13H2,(H,22,25)(H,23,26). The Balaban J connectivity index is 1.49. The molecule has 4 rings (SSSR count). The second kappa shape index (κ2) is 7.68. The van der Waals surface area contributed by atoms with Crippen LogP contribution in [0.15, 0.2) is 18.2 Å². The molecule has 5 nitrogen and oxygen atoms in total. The molecule has 1 saturated carbocycles. The Bertz CT molecular complexity index is 680. The lowest BCUT2D eigenvalue weighted by atomic mass is 9.95. The van der Waals surface area contributed by atoms with Crippen molar-refractivity contribution in [2.75, 3.05) is 16.8 Å². The number of amides is 2. The Hall–Kier alpha value is -2.04. The van der Waals surface area contributed by atoms with E-state index in [0.29, 0.717) is 5.56 Å². The zero-order valence-electron chi connectivity index (χ0n) is 15.4. The first-order valence-corrected chi connectivity index (χ1v) is 10.2. The smallest absolute Gasteiger partial charge is 0.251 e. The number of carbonyl (C=O) groups excluding carboxylic acids is 2. The van der Waals surface area contributed by atoms with Crippen LogP contribution in [0.2, 0.25) is 0 Å². The predicted molar refractivity (Wildman–Crippen MR) is 104 cm³/mol. The molecule has 2 heterocycles. The van der Waals surface area contributed by atoms with E-state index in [4.69, 9.17) is 0 Å². The molecule has 2 amide bonds. The number of carbonyl (C=O) groups is 2. The number of piperidine rings is 1. The summed E-state index contributed by atoms with van der Waals surface area (Å²) in [6, 6.07) is 5.97. The van der Waals surface area contributed by atoms with E-state index in [2.05, 4.69) is 15.5 Å². The van der Waals surface area contributed by atoms with Crippen LogP contribution in [0.25, 0.3) is 0 Å². The maximum atomic E-state index is 12.7. The molecule has 2 aliphatic heterocycles. The SMILES string of the molecule is O=C(NC1CCCCCCC1)c1ccc2c(c1)NC(=O)C1CCCCN21. The van der Waals surface area contributed by atoms with Crippen molar-refractivity contribution in [2.24, 2.45) is 0 Å². The van der Waals surface area contributed by atoms with Gasteiger partial charge in [-0.05, 0) is 50.3 Å². The van der Waals surface area contributed by atoms with Gasteiger partial charge in [-0.2, -0.15) is 0 Å². The average Bonchev–Trinajstić information content (AvgIpc) is 2.63. The zero-order valence-corrected chi connectivity index (χ0v) is 15.4. The summed E-state index contributed by atoms with van der Waals surface area (Å²) in [4.78, 5) is 27.3. The first kappa shape index (κ1) is 17.4. The van der Waals surface area contributed by atoms with Crippen LogP contribution in [-0.2, 0) is 4.79 Å². The first-order chi connectivity index (χ1) is 12.7. The molecule has 0 bridgehead atoms. The van der Waals surface area contributed by atoms with Crippen LogP contribution in [0.4, 0.5) is 11.4 Å². The van der Waals surface area contributed by atoms with Crippen LogP contribution in [0, 0.1) is 0 Å². The number of hydrogen-bond donors (Lipinski definition) is 2. The number of fused-ring (bicyclic) bond motifs is 3. The number of hydrogen-bond acceptors (Lipinski definition) is 3. The molecule has 2 fully saturated rings. The van der Waals surface area contributed by atoms with Crippen molar-refractivity contribution in [3.05, 3.63) is 23.8 Å². The van der Waals surface area contributed by atoms with Gasteiger partial charge in [0.1, 0.15) is 6.04 Å². The molecule has 5 heteroatoms. The Kier molecular flexibility index (Phi) is 5.14. The average molecular weight is 355 g/mol. The van der Waals surface area contributed by atoms with Crippen LogP contribution in [0.1, 0.15) is 74.6 Å². The number of nitrogens with zero attached hydrogens (tertiary/aromatic N) is 1. The van der Waals surface area contributed by atoms with Crippen molar-refractivity contribution >= 4 is 23.2 Å². The third-order valence-corrected chi connectivity index (χ3v) is 6.07. The Morgan fingerprint density at radius 1 is 1.00 bits per heavy atom. The van der Waals surface area contributed by atoms with Crippen molar-refractivity contribution in [1.82, 2.24) is 5.32 Å². The third-order valence-electron chi connectivity index (χ3n) is 6.07. The number of nitrogens with one attached hydrogen (secondary N) is 2. The number of benzene rings is 1. The molecule has 26 heavy (non-hydrogen) atoms. The molecule has 140 valence electrons. The molecule has 1 aromatic rings. The second-order valence-electron chi connectivity index (χ2n) is 7.94. The van der Waals surface area contributed by atoms with Crippen molar-refractivity contribution in [3.63, 3.8) is 0 Å². The summed E-state index contributed by atoms with van der Waals surface area (Å²) >= 11 is 0. The third kappa shape index (κ3) is 3.57. The van der Waals surface area contributed by atoms with E-state index in [9.17, 15) is 9.59 Å². The van der Waals surface area contributed by atoms with Gasteiger partial charge in [0.05, 0.1) is 11.4 Å². The largest absolute Gasteiger partial charge is 0.358 e. The van der Waals surface area contributed by atoms with Gasteiger partial charge in [-0.3, -0.25) is 9.59 Å². The summed E-state index contributed by atoms with van der Waals surface area (Å²) in [6.45, 7) is 0.915. The van der Waals surface area contributed by atoms with E-state index >= 15 is 0 Å². The highest BCUT2D eigenvalue weighted by atomic mass is 16.2. The van der Waals surface area contributed by atoms with E-state index in [-0.39, 0.29) is 23.9 Å². The molecule has 0 spiro atoms. The van der Waals surface area contributed by atoms with Gasteiger partial charge in [-0.25, -0.2) is 0 Å². The Labute approximate surface area is 155 Å². The topological polar surface area (TPSA) is 61.4 Å². The second-order valence-corrected chi connectivity index (χ2v) is 7.94. The summed E-state index contributed by atoms with van der Waals surface area (Å²) < 4.78 is 0. The highest BCUT2D eigenvalue weighted by molar-refractivity contribution is 6.05. The lowest BCUT2D eigenvalue weighted by Crippen LogP contribution is -2.50. The highest BCUT2D eigenvalue weighted by Crippen LogP contribution is 2.36. The van der Waals surface area contributed by atoms with Crippen LogP contribution in [0.3, 0.4) is 0 Å². The van der Waals surface area contributed by atoms with E-state index in [1.165, 1.54) is 32.1 Å². The molecule has 0 radical (unpaired) electrons. The normalized spacial score (nSPS) is 23.9. The predicted octanol–water partition coefficient (Wildman–Crippen LogP) is 3.84. The highest BCUT2D eigenvalue weighted by Gasteiger charge is 2.34. The quantitative estimate of drug-likeness (QED) is 0.847. The lowest BCUT2D eigenvalue weighted by Gasteiger charge is -2.41. The van der Waals surface area contributed by atoms with Crippen molar-refractivity contribution in [1.29, 1.82) is 0 Å². The molecule has 1 saturated heterocycles. The molecular formula is C21H29N3O2. The maximum Gasteiger partial charge on any atom is 0.251 e. The van der Waals surface area contributed by atoms with Crippen molar-refractivity contribution < 1.29 is 9.59 Å².